The summed E-state index contributed by atoms with van der Waals surface area (Å²) in [5.41, 5.74) is 1.24. The zero-order chi connectivity index (χ0) is 18.2. The maximum Gasteiger partial charge on any atom is 0.331 e. The number of halogens is 2. The molecule has 0 saturated carbocycles. The molecule has 0 radical (unpaired) electrons. The van der Waals surface area contributed by atoms with Crippen molar-refractivity contribution in [2.75, 3.05) is 19.0 Å². The average molecular weight is 425 g/mol. The van der Waals surface area contributed by atoms with Crippen LogP contribution in [0.25, 0.3) is 6.08 Å². The molecule has 2 aromatic rings. The third-order valence-corrected chi connectivity index (χ3v) is 3.77. The monoisotopic (exact) mass is 423 g/mol. The SMILES string of the molecule is COc1ccc(Cl)cc1NC(=O)COC(=O)C=Cc1cccc(Br)c1. The number of benzene rings is 2. The van der Waals surface area contributed by atoms with E-state index in [-0.39, 0.29) is 0 Å². The van der Waals surface area contributed by atoms with Gasteiger partial charge in [0.1, 0.15) is 5.75 Å². The lowest BCUT2D eigenvalue weighted by atomic mass is 10.2. The normalized spacial score (nSPS) is 10.5. The molecule has 2 rings (SSSR count). The van der Waals surface area contributed by atoms with Crippen LogP contribution < -0.4 is 10.1 Å². The fourth-order valence-corrected chi connectivity index (χ4v) is 2.51. The van der Waals surface area contributed by atoms with Crippen LogP contribution in [0.1, 0.15) is 5.56 Å². The van der Waals surface area contributed by atoms with Gasteiger partial charge in [0, 0.05) is 15.6 Å². The molecular formula is C18H15BrClNO4. The Morgan fingerprint density at radius 1 is 1.24 bits per heavy atom. The fourth-order valence-electron chi connectivity index (χ4n) is 1.92. The Hall–Kier alpha value is -2.31. The summed E-state index contributed by atoms with van der Waals surface area (Å²) in [6, 6.07) is 12.2. The van der Waals surface area contributed by atoms with Gasteiger partial charge in [0.2, 0.25) is 0 Å². The van der Waals surface area contributed by atoms with Crippen LogP contribution in [0.4, 0.5) is 5.69 Å². The zero-order valence-electron chi connectivity index (χ0n) is 13.3. The smallest absolute Gasteiger partial charge is 0.331 e. The van der Waals surface area contributed by atoms with Crippen LogP contribution in [-0.2, 0) is 14.3 Å². The summed E-state index contributed by atoms with van der Waals surface area (Å²) >= 11 is 9.24. The molecule has 0 aliphatic rings. The van der Waals surface area contributed by atoms with Crippen molar-refractivity contribution in [2.45, 2.75) is 0 Å². The van der Waals surface area contributed by atoms with Crippen molar-refractivity contribution >= 4 is 51.2 Å². The topological polar surface area (TPSA) is 64.6 Å². The molecule has 0 bridgehead atoms. The van der Waals surface area contributed by atoms with E-state index in [1.54, 1.807) is 24.3 Å². The van der Waals surface area contributed by atoms with E-state index in [9.17, 15) is 9.59 Å². The summed E-state index contributed by atoms with van der Waals surface area (Å²) in [5, 5.41) is 3.03. The van der Waals surface area contributed by atoms with E-state index < -0.39 is 18.5 Å². The molecule has 0 aliphatic carbocycles. The van der Waals surface area contributed by atoms with Gasteiger partial charge in [-0.25, -0.2) is 4.79 Å². The molecule has 0 aromatic heterocycles. The summed E-state index contributed by atoms with van der Waals surface area (Å²) < 4.78 is 10.9. The van der Waals surface area contributed by atoms with Crippen molar-refractivity contribution < 1.29 is 19.1 Å². The molecule has 0 saturated heterocycles. The lowest BCUT2D eigenvalue weighted by Crippen LogP contribution is -2.20. The summed E-state index contributed by atoms with van der Waals surface area (Å²) in [4.78, 5) is 23.6. The molecule has 0 fully saturated rings. The minimum Gasteiger partial charge on any atom is -0.495 e. The van der Waals surface area contributed by atoms with Crippen molar-refractivity contribution in [3.8, 4) is 5.75 Å². The van der Waals surface area contributed by atoms with E-state index in [2.05, 4.69) is 21.2 Å². The molecule has 0 heterocycles. The quantitative estimate of drug-likeness (QED) is 0.554. The molecule has 0 unspecified atom stereocenters. The van der Waals surface area contributed by atoms with Crippen LogP contribution in [0.5, 0.6) is 5.75 Å². The highest BCUT2D eigenvalue weighted by atomic mass is 79.9. The van der Waals surface area contributed by atoms with Gasteiger partial charge in [0.15, 0.2) is 6.61 Å². The minimum absolute atomic E-state index is 0.403. The molecule has 1 N–H and O–H groups in total. The summed E-state index contributed by atoms with van der Waals surface area (Å²) in [6.07, 6.45) is 2.86. The second-order valence-electron chi connectivity index (χ2n) is 4.89. The van der Waals surface area contributed by atoms with E-state index >= 15 is 0 Å². The number of hydrogen-bond acceptors (Lipinski definition) is 4. The highest BCUT2D eigenvalue weighted by molar-refractivity contribution is 9.10. The Morgan fingerprint density at radius 3 is 2.76 bits per heavy atom. The van der Waals surface area contributed by atoms with E-state index in [1.807, 2.05) is 24.3 Å². The number of carbonyl (C=O) groups excluding carboxylic acids is 2. The molecule has 0 atom stereocenters. The van der Waals surface area contributed by atoms with Crippen LogP contribution in [0.3, 0.4) is 0 Å². The van der Waals surface area contributed by atoms with Gasteiger partial charge in [-0.1, -0.05) is 39.7 Å². The molecule has 0 spiro atoms. The Balaban J connectivity index is 1.87. The molecular weight excluding hydrogens is 410 g/mol. The summed E-state index contributed by atoms with van der Waals surface area (Å²) in [6.45, 7) is -0.419. The Morgan fingerprint density at radius 2 is 2.04 bits per heavy atom. The first kappa shape index (κ1) is 19.0. The highest BCUT2D eigenvalue weighted by Gasteiger charge is 2.10. The van der Waals surface area contributed by atoms with Gasteiger partial charge in [-0.15, -0.1) is 0 Å². The van der Waals surface area contributed by atoms with Gasteiger partial charge < -0.3 is 14.8 Å². The summed E-state index contributed by atoms with van der Waals surface area (Å²) in [5.74, 6) is -0.656. The first-order valence-electron chi connectivity index (χ1n) is 7.22. The average Bonchev–Trinajstić information content (AvgIpc) is 2.58. The molecule has 130 valence electrons. The number of anilines is 1. The maximum absolute atomic E-state index is 11.9. The maximum atomic E-state index is 11.9. The number of rotatable bonds is 6. The Kier molecular flexibility index (Phi) is 7.03. The largest absolute Gasteiger partial charge is 0.495 e. The van der Waals surface area contributed by atoms with Gasteiger partial charge in [-0.2, -0.15) is 0 Å². The van der Waals surface area contributed by atoms with E-state index in [0.29, 0.717) is 16.5 Å². The zero-order valence-corrected chi connectivity index (χ0v) is 15.6. The van der Waals surface area contributed by atoms with Crippen molar-refractivity contribution in [3.05, 3.63) is 63.6 Å². The van der Waals surface area contributed by atoms with E-state index in [0.717, 1.165) is 10.0 Å². The molecule has 5 nitrogen and oxygen atoms in total. The molecule has 2 aromatic carbocycles. The van der Waals surface area contributed by atoms with Gasteiger partial charge in [0.05, 0.1) is 12.8 Å². The third kappa shape index (κ3) is 6.25. The molecule has 25 heavy (non-hydrogen) atoms. The van der Waals surface area contributed by atoms with E-state index in [4.69, 9.17) is 21.1 Å². The lowest BCUT2D eigenvalue weighted by molar-refractivity contribution is -0.142. The number of esters is 1. The number of amides is 1. The number of hydrogen-bond donors (Lipinski definition) is 1. The lowest BCUT2D eigenvalue weighted by Gasteiger charge is -2.10. The predicted molar refractivity (Wildman–Crippen MR) is 101 cm³/mol. The van der Waals surface area contributed by atoms with Crippen LogP contribution in [0, 0.1) is 0 Å². The first-order chi connectivity index (χ1) is 12.0. The van der Waals surface area contributed by atoms with Crippen molar-refractivity contribution in [3.63, 3.8) is 0 Å². The van der Waals surface area contributed by atoms with Crippen LogP contribution in [0.15, 0.2) is 53.0 Å². The number of methoxy groups -OCH3 is 1. The first-order valence-corrected chi connectivity index (χ1v) is 8.39. The molecule has 7 heteroatoms. The number of carbonyl (C=O) groups is 2. The van der Waals surface area contributed by atoms with Crippen molar-refractivity contribution in [1.82, 2.24) is 0 Å². The number of ether oxygens (including phenoxy) is 2. The van der Waals surface area contributed by atoms with Crippen molar-refractivity contribution in [2.24, 2.45) is 0 Å². The minimum atomic E-state index is -0.617. The Bertz CT molecular complexity index is 807. The summed E-state index contributed by atoms with van der Waals surface area (Å²) in [7, 11) is 1.48. The van der Waals surface area contributed by atoms with Gasteiger partial charge >= 0.3 is 5.97 Å². The van der Waals surface area contributed by atoms with Crippen molar-refractivity contribution in [1.29, 1.82) is 0 Å². The second-order valence-corrected chi connectivity index (χ2v) is 6.24. The predicted octanol–water partition coefficient (Wildman–Crippen LogP) is 4.31. The molecule has 0 aliphatic heterocycles. The van der Waals surface area contributed by atoms with Crippen LogP contribution >= 0.6 is 27.5 Å². The fraction of sp³-hybridized carbons (Fsp3) is 0.111. The third-order valence-electron chi connectivity index (χ3n) is 3.04. The number of nitrogens with one attached hydrogen (secondary N) is 1. The van der Waals surface area contributed by atoms with Crippen LogP contribution in [0.2, 0.25) is 5.02 Å². The van der Waals surface area contributed by atoms with E-state index in [1.165, 1.54) is 13.2 Å². The van der Waals surface area contributed by atoms with Gasteiger partial charge in [-0.3, -0.25) is 4.79 Å². The standard InChI is InChI=1S/C18H15BrClNO4/c1-24-16-7-6-14(20)10-15(16)21-17(22)11-25-18(23)8-5-12-3-2-4-13(19)9-12/h2-10H,11H2,1H3,(H,21,22). The Labute approximate surface area is 158 Å². The second kappa shape index (κ2) is 9.25. The molecule has 1 amide bonds. The van der Waals surface area contributed by atoms with Gasteiger partial charge in [-0.05, 0) is 42.0 Å². The van der Waals surface area contributed by atoms with Gasteiger partial charge in [0.25, 0.3) is 5.91 Å². The van der Waals surface area contributed by atoms with Crippen LogP contribution in [-0.4, -0.2) is 25.6 Å². The highest BCUT2D eigenvalue weighted by Crippen LogP contribution is 2.27.